The average Bonchev–Trinajstić information content (AvgIpc) is 3.62. The number of benzene rings is 1. The van der Waals surface area contributed by atoms with Crippen molar-refractivity contribution >= 4 is 11.6 Å². The molecule has 218 valence electrons. The van der Waals surface area contributed by atoms with E-state index in [-0.39, 0.29) is 29.2 Å². The number of carbonyl (C=O) groups is 1. The Hall–Kier alpha value is -3.07. The zero-order valence-corrected chi connectivity index (χ0v) is 22.1. The lowest BCUT2D eigenvalue weighted by molar-refractivity contribution is -0.219. The molecule has 14 heteroatoms. The van der Waals surface area contributed by atoms with Gasteiger partial charge in [-0.3, -0.25) is 4.79 Å². The summed E-state index contributed by atoms with van der Waals surface area (Å²) in [7, 11) is 1.45. The lowest BCUT2D eigenvalue weighted by Gasteiger charge is -2.44. The molecule has 2 fully saturated rings. The van der Waals surface area contributed by atoms with Crippen LogP contribution in [0.4, 0.5) is 13.2 Å². The number of amides is 1. The van der Waals surface area contributed by atoms with Crippen molar-refractivity contribution in [2.45, 2.75) is 69.2 Å². The molecule has 1 aromatic carbocycles. The Balaban J connectivity index is 1.30. The first kappa shape index (κ1) is 28.5. The second kappa shape index (κ2) is 11.8. The van der Waals surface area contributed by atoms with Crippen molar-refractivity contribution in [2.24, 2.45) is 11.1 Å². The number of nitrogens with zero attached hydrogens (tertiary/aromatic N) is 5. The molecule has 0 saturated carbocycles. The van der Waals surface area contributed by atoms with E-state index in [0.717, 1.165) is 30.7 Å². The molecule has 3 aliphatic rings. The van der Waals surface area contributed by atoms with Crippen molar-refractivity contribution < 1.29 is 42.5 Å². The Labute approximate surface area is 228 Å². The largest absolute Gasteiger partial charge is 0.394 e. The van der Waals surface area contributed by atoms with E-state index in [2.05, 4.69) is 15.5 Å². The first-order valence-corrected chi connectivity index (χ1v) is 13.2. The molecule has 2 N–H and O–H groups in total. The Bertz CT molecular complexity index is 1230. The maximum atomic E-state index is 13.8. The van der Waals surface area contributed by atoms with Crippen LogP contribution in [0, 0.1) is 23.4 Å². The Kier molecular flexibility index (Phi) is 8.40. The van der Waals surface area contributed by atoms with Crippen LogP contribution in [0.25, 0.3) is 11.3 Å². The summed E-state index contributed by atoms with van der Waals surface area (Å²) >= 11 is 0. The molecule has 0 bridgehead atoms. The highest BCUT2D eigenvalue weighted by atomic mass is 19.2. The minimum Gasteiger partial charge on any atom is -0.394 e. The number of halogens is 3. The number of hydrogen-bond donors (Lipinski definition) is 2. The average molecular weight is 568 g/mol. The highest BCUT2D eigenvalue weighted by Gasteiger charge is 2.48. The van der Waals surface area contributed by atoms with Crippen molar-refractivity contribution in [3.63, 3.8) is 0 Å². The van der Waals surface area contributed by atoms with Gasteiger partial charge in [-0.2, -0.15) is 0 Å². The van der Waals surface area contributed by atoms with Gasteiger partial charge in [-0.25, -0.2) is 17.9 Å². The zero-order chi connectivity index (χ0) is 28.6. The van der Waals surface area contributed by atoms with Crippen LogP contribution in [0.1, 0.15) is 38.6 Å². The molecular weight excluding hydrogens is 535 g/mol. The fraction of sp³-hybridized carbons (Fsp3) is 0.615. The van der Waals surface area contributed by atoms with Crippen molar-refractivity contribution in [1.82, 2.24) is 19.9 Å². The number of carbonyl (C=O) groups excluding carboxylic acids is 1. The van der Waals surface area contributed by atoms with Gasteiger partial charge in [0, 0.05) is 51.4 Å². The molecule has 0 aliphatic carbocycles. The highest BCUT2D eigenvalue weighted by molar-refractivity contribution is 5.88. The Morgan fingerprint density at radius 1 is 1.18 bits per heavy atom. The van der Waals surface area contributed by atoms with E-state index in [0.29, 0.717) is 25.9 Å². The van der Waals surface area contributed by atoms with Crippen molar-refractivity contribution in [2.75, 3.05) is 26.8 Å². The lowest BCUT2D eigenvalue weighted by atomic mass is 9.86. The van der Waals surface area contributed by atoms with Gasteiger partial charge in [-0.05, 0) is 25.0 Å². The van der Waals surface area contributed by atoms with Crippen LogP contribution in [0.2, 0.25) is 0 Å². The van der Waals surface area contributed by atoms with Gasteiger partial charge in [0.2, 0.25) is 5.91 Å². The number of piperidine rings is 1. The maximum Gasteiger partial charge on any atom is 0.219 e. The topological polar surface area (TPSA) is 132 Å². The fourth-order valence-electron chi connectivity index (χ4n) is 5.82. The number of hydrogen-bond acceptors (Lipinski definition) is 9. The fourth-order valence-corrected chi connectivity index (χ4v) is 5.82. The molecule has 6 atom stereocenters. The van der Waals surface area contributed by atoms with Gasteiger partial charge in [0.15, 0.2) is 17.5 Å². The van der Waals surface area contributed by atoms with Crippen LogP contribution >= 0.6 is 0 Å². The zero-order valence-electron chi connectivity index (χ0n) is 22.1. The van der Waals surface area contributed by atoms with Crippen LogP contribution in [-0.2, 0) is 19.1 Å². The number of methoxy groups -OCH3 is 1. The third-order valence-corrected chi connectivity index (χ3v) is 7.99. The molecule has 1 amide bonds. The molecule has 0 unspecified atom stereocenters. The molecular formula is C26H32F3N5O6. The first-order chi connectivity index (χ1) is 19.2. The minimum atomic E-state index is -1.59. The summed E-state index contributed by atoms with van der Waals surface area (Å²) in [5.74, 6) is -4.04. The smallest absolute Gasteiger partial charge is 0.219 e. The third kappa shape index (κ3) is 5.57. The number of aliphatic hydroxyl groups is 2. The number of aromatic nitrogens is 3. The second-order valence-electron chi connectivity index (χ2n) is 10.4. The van der Waals surface area contributed by atoms with Crippen molar-refractivity contribution in [3.05, 3.63) is 35.8 Å². The summed E-state index contributed by atoms with van der Waals surface area (Å²) < 4.78 is 54.1. The summed E-state index contributed by atoms with van der Waals surface area (Å²) in [5, 5.41) is 33.3. The molecule has 0 radical (unpaired) electrons. The SMILES string of the molecule is CO[C@@H]1[C@@H](n2cc(-c3cc(F)c(F)c(F)c3)nn2)[C@@H](O)[C@@H](CO)O[C@@H]1C[C@@H]1CC(C2CCN(C(C)=O)CC2)=NO1. The molecule has 0 spiro atoms. The van der Waals surface area contributed by atoms with Crippen LogP contribution in [0.5, 0.6) is 0 Å². The van der Waals surface area contributed by atoms with Gasteiger partial charge < -0.3 is 29.4 Å². The predicted molar refractivity (Wildman–Crippen MR) is 133 cm³/mol. The van der Waals surface area contributed by atoms with Gasteiger partial charge in [-0.15, -0.1) is 5.10 Å². The van der Waals surface area contributed by atoms with Crippen LogP contribution < -0.4 is 0 Å². The maximum absolute atomic E-state index is 13.8. The standard InChI is InChI=1S/C26H32F3N5O6/c1-13(36)33-5-3-14(4-6-33)19-9-16(40-31-19)10-21-26(38-2)24(25(37)22(12-35)39-21)34-11-20(30-32-34)15-7-17(27)23(29)18(28)8-15/h7-8,11,14,16,21-22,24-26,35,37H,3-6,9-10,12H2,1-2H3/t16-,21+,22+,24-,25-,26-/m0/s1. The van der Waals surface area contributed by atoms with Crippen molar-refractivity contribution in [1.29, 1.82) is 0 Å². The monoisotopic (exact) mass is 567 g/mol. The van der Waals surface area contributed by atoms with E-state index < -0.39 is 54.5 Å². The van der Waals surface area contributed by atoms with Crippen molar-refractivity contribution in [3.8, 4) is 11.3 Å². The normalized spacial score (nSPS) is 29.4. The minimum absolute atomic E-state index is 0.0356. The van der Waals surface area contributed by atoms with Gasteiger partial charge in [-0.1, -0.05) is 10.4 Å². The van der Waals surface area contributed by atoms with E-state index >= 15 is 0 Å². The summed E-state index contributed by atoms with van der Waals surface area (Å²) in [6, 6.07) is 0.730. The Morgan fingerprint density at radius 2 is 1.88 bits per heavy atom. The Morgan fingerprint density at radius 3 is 2.50 bits per heavy atom. The number of oxime groups is 1. The van der Waals surface area contributed by atoms with Gasteiger partial charge in [0.25, 0.3) is 0 Å². The van der Waals surface area contributed by atoms with Gasteiger partial charge in [0.05, 0.1) is 24.6 Å². The van der Waals surface area contributed by atoms with E-state index in [9.17, 15) is 28.2 Å². The molecule has 2 saturated heterocycles. The summed E-state index contributed by atoms with van der Waals surface area (Å²) in [4.78, 5) is 19.2. The second-order valence-corrected chi connectivity index (χ2v) is 10.4. The van der Waals surface area contributed by atoms with E-state index in [1.807, 2.05) is 4.90 Å². The predicted octanol–water partition coefficient (Wildman–Crippen LogP) is 1.83. The molecule has 5 rings (SSSR count). The highest BCUT2D eigenvalue weighted by Crippen LogP contribution is 2.36. The summed E-state index contributed by atoms with van der Waals surface area (Å²) in [5.41, 5.74) is 0.955. The lowest BCUT2D eigenvalue weighted by Crippen LogP contribution is -2.57. The molecule has 11 nitrogen and oxygen atoms in total. The van der Waals surface area contributed by atoms with E-state index in [4.69, 9.17) is 14.3 Å². The number of rotatable bonds is 7. The number of ether oxygens (including phenoxy) is 2. The third-order valence-electron chi connectivity index (χ3n) is 7.99. The summed E-state index contributed by atoms with van der Waals surface area (Å²) in [6.45, 7) is 2.43. The van der Waals surface area contributed by atoms with E-state index in [1.54, 1.807) is 6.92 Å². The van der Waals surface area contributed by atoms with Gasteiger partial charge >= 0.3 is 0 Å². The quantitative estimate of drug-likeness (QED) is 0.485. The molecule has 1 aromatic heterocycles. The molecule has 2 aromatic rings. The van der Waals surface area contributed by atoms with Crippen LogP contribution in [-0.4, -0.2) is 99.1 Å². The summed E-state index contributed by atoms with van der Waals surface area (Å²) in [6.07, 6.45) is -0.0558. The molecule has 3 aliphatic heterocycles. The van der Waals surface area contributed by atoms with Gasteiger partial charge in [0.1, 0.15) is 36.2 Å². The van der Waals surface area contributed by atoms with Crippen LogP contribution in [0.3, 0.4) is 0 Å². The molecule has 4 heterocycles. The molecule has 40 heavy (non-hydrogen) atoms. The number of aliphatic hydroxyl groups excluding tert-OH is 2. The first-order valence-electron chi connectivity index (χ1n) is 13.2. The van der Waals surface area contributed by atoms with Crippen LogP contribution in [0.15, 0.2) is 23.5 Å². The number of likely N-dealkylation sites (tertiary alicyclic amines) is 1. The van der Waals surface area contributed by atoms with E-state index in [1.165, 1.54) is 18.0 Å².